The predicted molar refractivity (Wildman–Crippen MR) is 44.4 cm³/mol. The fourth-order valence-corrected chi connectivity index (χ4v) is 1.40. The van der Waals surface area contributed by atoms with Crippen LogP contribution in [0.2, 0.25) is 0 Å². The minimum absolute atomic E-state index is 0.0697. The molecule has 0 aliphatic heterocycles. The van der Waals surface area contributed by atoms with Crippen molar-refractivity contribution in [1.29, 1.82) is 0 Å². The van der Waals surface area contributed by atoms with Crippen molar-refractivity contribution < 1.29 is 14.3 Å². The van der Waals surface area contributed by atoms with Gasteiger partial charge in [-0.15, -0.1) is 0 Å². The van der Waals surface area contributed by atoms with Gasteiger partial charge in [0.1, 0.15) is 12.2 Å². The fraction of sp³-hybridized carbons (Fsp3) is 0.556. The largest absolute Gasteiger partial charge is 0.481 e. The number of nitrogens with zero attached hydrogens (tertiary/aromatic N) is 1. The van der Waals surface area contributed by atoms with E-state index in [1.165, 1.54) is 12.6 Å². The number of aromatic nitrogens is 1. The van der Waals surface area contributed by atoms with Gasteiger partial charge in [0.2, 0.25) is 0 Å². The highest BCUT2D eigenvalue weighted by Crippen LogP contribution is 2.35. The summed E-state index contributed by atoms with van der Waals surface area (Å²) in [6.07, 6.45) is 4.91. The summed E-state index contributed by atoms with van der Waals surface area (Å²) < 4.78 is 5.31. The molecule has 0 amide bonds. The Hall–Kier alpha value is -1.32. The van der Waals surface area contributed by atoms with Gasteiger partial charge in [-0.3, -0.25) is 4.79 Å². The van der Waals surface area contributed by atoms with Crippen LogP contribution in [0.25, 0.3) is 0 Å². The first-order valence-electron chi connectivity index (χ1n) is 4.42. The second kappa shape index (κ2) is 3.20. The summed E-state index contributed by atoms with van der Waals surface area (Å²) in [5, 5.41) is 8.50. The number of carboxylic acids is 1. The molecule has 1 aromatic heterocycles. The summed E-state index contributed by atoms with van der Waals surface area (Å²) in [7, 11) is 0. The lowest BCUT2D eigenvalue weighted by atomic mass is 9.85. The molecule has 1 aromatic rings. The molecule has 4 heteroatoms. The van der Waals surface area contributed by atoms with Crippen molar-refractivity contribution in [2.24, 2.45) is 0 Å². The standard InChI is InChI=1S/C9H11NO3/c11-8(12)4-7-5-10-9(13-7)6-2-1-3-6/h5-6H,1-4H2,(H,11,12). The highest BCUT2D eigenvalue weighted by atomic mass is 16.4. The van der Waals surface area contributed by atoms with Crippen LogP contribution in [0.5, 0.6) is 0 Å². The van der Waals surface area contributed by atoms with Gasteiger partial charge in [0.15, 0.2) is 5.89 Å². The van der Waals surface area contributed by atoms with Crippen LogP contribution in [-0.2, 0) is 11.2 Å². The first kappa shape index (κ1) is 8.29. The number of carbonyl (C=O) groups is 1. The molecule has 4 nitrogen and oxygen atoms in total. The molecule has 0 spiro atoms. The van der Waals surface area contributed by atoms with Crippen LogP contribution < -0.4 is 0 Å². The Labute approximate surface area is 75.6 Å². The zero-order valence-electron chi connectivity index (χ0n) is 7.19. The summed E-state index contributed by atoms with van der Waals surface area (Å²) in [5.41, 5.74) is 0. The topological polar surface area (TPSA) is 63.3 Å². The Kier molecular flexibility index (Phi) is 2.04. The molecule has 0 aromatic carbocycles. The van der Waals surface area contributed by atoms with Gasteiger partial charge < -0.3 is 9.52 Å². The lowest BCUT2D eigenvalue weighted by Gasteiger charge is -2.21. The van der Waals surface area contributed by atoms with E-state index in [4.69, 9.17) is 9.52 Å². The van der Waals surface area contributed by atoms with Crippen LogP contribution in [0.1, 0.15) is 36.8 Å². The SMILES string of the molecule is O=C(O)Cc1cnc(C2CCC2)o1. The molecule has 2 rings (SSSR count). The molecule has 1 N–H and O–H groups in total. The van der Waals surface area contributed by atoms with E-state index in [1.807, 2.05) is 0 Å². The number of carboxylic acid groups (broad SMARTS) is 1. The van der Waals surface area contributed by atoms with E-state index in [-0.39, 0.29) is 6.42 Å². The molecule has 0 radical (unpaired) electrons. The van der Waals surface area contributed by atoms with Crippen molar-refractivity contribution >= 4 is 5.97 Å². The first-order chi connectivity index (χ1) is 6.25. The van der Waals surface area contributed by atoms with E-state index in [0.717, 1.165) is 12.8 Å². The molecular weight excluding hydrogens is 170 g/mol. The van der Waals surface area contributed by atoms with E-state index >= 15 is 0 Å². The maximum atomic E-state index is 10.3. The monoisotopic (exact) mass is 181 g/mol. The van der Waals surface area contributed by atoms with Gasteiger partial charge in [-0.1, -0.05) is 6.42 Å². The highest BCUT2D eigenvalue weighted by molar-refractivity contribution is 5.69. The molecule has 13 heavy (non-hydrogen) atoms. The zero-order valence-corrected chi connectivity index (χ0v) is 7.19. The minimum Gasteiger partial charge on any atom is -0.481 e. The van der Waals surface area contributed by atoms with Gasteiger partial charge >= 0.3 is 5.97 Å². The van der Waals surface area contributed by atoms with Gasteiger partial charge in [0.25, 0.3) is 0 Å². The lowest BCUT2D eigenvalue weighted by molar-refractivity contribution is -0.136. The van der Waals surface area contributed by atoms with Crippen molar-refractivity contribution in [3.63, 3.8) is 0 Å². The van der Waals surface area contributed by atoms with Crippen molar-refractivity contribution in [1.82, 2.24) is 4.98 Å². The minimum atomic E-state index is -0.878. The lowest BCUT2D eigenvalue weighted by Crippen LogP contribution is -2.08. The summed E-state index contributed by atoms with van der Waals surface area (Å²) in [4.78, 5) is 14.4. The summed E-state index contributed by atoms with van der Waals surface area (Å²) in [5.74, 6) is 0.718. The van der Waals surface area contributed by atoms with Crippen molar-refractivity contribution in [2.45, 2.75) is 31.6 Å². The van der Waals surface area contributed by atoms with Gasteiger partial charge in [-0.25, -0.2) is 4.98 Å². The number of oxazole rings is 1. The van der Waals surface area contributed by atoms with Crippen LogP contribution in [0, 0.1) is 0 Å². The average Bonchev–Trinajstić information content (AvgIpc) is 2.31. The molecule has 1 fully saturated rings. The van der Waals surface area contributed by atoms with Crippen LogP contribution >= 0.6 is 0 Å². The van der Waals surface area contributed by atoms with E-state index in [9.17, 15) is 4.79 Å². The summed E-state index contributed by atoms with van der Waals surface area (Å²) in [6.45, 7) is 0. The van der Waals surface area contributed by atoms with Gasteiger partial charge in [0.05, 0.1) is 6.20 Å². The van der Waals surface area contributed by atoms with Crippen molar-refractivity contribution in [2.75, 3.05) is 0 Å². The maximum absolute atomic E-state index is 10.3. The number of hydrogen-bond acceptors (Lipinski definition) is 3. The quantitative estimate of drug-likeness (QED) is 0.768. The van der Waals surface area contributed by atoms with Crippen LogP contribution in [0.15, 0.2) is 10.6 Å². The van der Waals surface area contributed by atoms with E-state index < -0.39 is 5.97 Å². The maximum Gasteiger partial charge on any atom is 0.311 e. The van der Waals surface area contributed by atoms with Crippen molar-refractivity contribution in [3.8, 4) is 0 Å². The van der Waals surface area contributed by atoms with E-state index in [2.05, 4.69) is 4.98 Å². The first-order valence-corrected chi connectivity index (χ1v) is 4.42. The molecular formula is C9H11NO3. The Balaban J connectivity index is 2.04. The van der Waals surface area contributed by atoms with Crippen molar-refractivity contribution in [3.05, 3.63) is 17.8 Å². The third-order valence-electron chi connectivity index (χ3n) is 2.35. The molecule has 0 saturated heterocycles. The zero-order chi connectivity index (χ0) is 9.26. The molecule has 1 saturated carbocycles. The third kappa shape index (κ3) is 1.71. The van der Waals surface area contributed by atoms with Crippen LogP contribution in [0.4, 0.5) is 0 Å². The molecule has 1 aliphatic rings. The number of rotatable bonds is 3. The van der Waals surface area contributed by atoms with Gasteiger partial charge in [-0.2, -0.15) is 0 Å². The van der Waals surface area contributed by atoms with Gasteiger partial charge in [0, 0.05) is 5.92 Å². The summed E-state index contributed by atoms with van der Waals surface area (Å²) in [6, 6.07) is 0. The summed E-state index contributed by atoms with van der Waals surface area (Å²) >= 11 is 0. The Bertz CT molecular complexity index is 314. The Morgan fingerprint density at radius 3 is 3.00 bits per heavy atom. The molecule has 0 atom stereocenters. The predicted octanol–water partition coefficient (Wildman–Crippen LogP) is 1.57. The molecule has 1 aliphatic carbocycles. The number of aliphatic carboxylic acids is 1. The normalized spacial score (nSPS) is 16.9. The second-order valence-corrected chi connectivity index (χ2v) is 3.36. The second-order valence-electron chi connectivity index (χ2n) is 3.36. The molecule has 0 unspecified atom stereocenters. The van der Waals surface area contributed by atoms with E-state index in [1.54, 1.807) is 0 Å². The van der Waals surface area contributed by atoms with Gasteiger partial charge in [-0.05, 0) is 12.8 Å². The molecule has 0 bridgehead atoms. The van der Waals surface area contributed by atoms with Crippen LogP contribution in [0.3, 0.4) is 0 Å². The molecule has 1 heterocycles. The molecule has 70 valence electrons. The van der Waals surface area contributed by atoms with E-state index in [0.29, 0.717) is 17.6 Å². The Morgan fingerprint density at radius 1 is 1.69 bits per heavy atom. The number of hydrogen-bond donors (Lipinski definition) is 1. The average molecular weight is 181 g/mol. The third-order valence-corrected chi connectivity index (χ3v) is 2.35. The smallest absolute Gasteiger partial charge is 0.311 e. The van der Waals surface area contributed by atoms with Crippen LogP contribution in [-0.4, -0.2) is 16.1 Å². The highest BCUT2D eigenvalue weighted by Gasteiger charge is 2.24. The Morgan fingerprint density at radius 2 is 2.46 bits per heavy atom. The fourth-order valence-electron chi connectivity index (χ4n) is 1.40.